The smallest absolute Gasteiger partial charge is 0.338 e. The van der Waals surface area contributed by atoms with Gasteiger partial charge in [0.05, 0.1) is 24.5 Å². The second-order valence-corrected chi connectivity index (χ2v) is 7.82. The molecule has 0 heterocycles. The minimum absolute atomic E-state index is 0.0663. The molecule has 0 fully saturated rings. The standard InChI is InChI=1S/C20H24N2O5S/c1-5-12-21-18-11-6-15(20(23)27-14(2)3)13-19(18)28(24,25)22-16-7-9-17(26-4)10-8-16/h5-11,13-14,21-22H,1,12H2,2-4H3. The van der Waals surface area contributed by atoms with Crippen molar-refractivity contribution >= 4 is 27.4 Å². The number of hydrogen-bond donors (Lipinski definition) is 2. The predicted molar refractivity (Wildman–Crippen MR) is 109 cm³/mol. The number of nitrogens with one attached hydrogen (secondary N) is 2. The van der Waals surface area contributed by atoms with Gasteiger partial charge in [0.1, 0.15) is 10.6 Å². The summed E-state index contributed by atoms with van der Waals surface area (Å²) in [6.45, 7) is 7.42. The van der Waals surface area contributed by atoms with Gasteiger partial charge in [0, 0.05) is 12.2 Å². The van der Waals surface area contributed by atoms with Gasteiger partial charge in [0.25, 0.3) is 10.0 Å². The second-order valence-electron chi connectivity index (χ2n) is 6.17. The third-order valence-corrected chi connectivity index (χ3v) is 5.05. The van der Waals surface area contributed by atoms with Crippen LogP contribution < -0.4 is 14.8 Å². The second kappa shape index (κ2) is 9.27. The van der Waals surface area contributed by atoms with Crippen molar-refractivity contribution in [3.63, 3.8) is 0 Å². The fraction of sp³-hybridized carbons (Fsp3) is 0.250. The number of carbonyl (C=O) groups excluding carboxylic acids is 1. The SMILES string of the molecule is C=CCNc1ccc(C(=O)OC(C)C)cc1S(=O)(=O)Nc1ccc(OC)cc1. The van der Waals surface area contributed by atoms with Gasteiger partial charge in [-0.1, -0.05) is 6.08 Å². The fourth-order valence-corrected chi connectivity index (χ4v) is 3.62. The van der Waals surface area contributed by atoms with Crippen molar-refractivity contribution in [2.24, 2.45) is 0 Å². The van der Waals surface area contributed by atoms with Crippen molar-refractivity contribution in [3.05, 3.63) is 60.7 Å². The zero-order chi connectivity index (χ0) is 20.7. The molecule has 150 valence electrons. The lowest BCUT2D eigenvalue weighted by molar-refractivity contribution is 0.0377. The molecule has 0 aromatic heterocycles. The summed E-state index contributed by atoms with van der Waals surface area (Å²) in [5.41, 5.74) is 0.862. The number of rotatable bonds is 9. The van der Waals surface area contributed by atoms with Crippen molar-refractivity contribution in [2.45, 2.75) is 24.8 Å². The van der Waals surface area contributed by atoms with E-state index in [2.05, 4.69) is 16.6 Å². The fourth-order valence-electron chi connectivity index (χ4n) is 2.35. The van der Waals surface area contributed by atoms with E-state index in [0.29, 0.717) is 23.7 Å². The Labute approximate surface area is 165 Å². The van der Waals surface area contributed by atoms with Gasteiger partial charge in [-0.05, 0) is 56.3 Å². The molecule has 8 heteroatoms. The van der Waals surface area contributed by atoms with Crippen LogP contribution >= 0.6 is 0 Å². The van der Waals surface area contributed by atoms with Crippen LogP contribution in [-0.2, 0) is 14.8 Å². The highest BCUT2D eigenvalue weighted by atomic mass is 32.2. The predicted octanol–water partition coefficient (Wildman–Crippen LogP) is 3.66. The third kappa shape index (κ3) is 5.50. The molecule has 2 aromatic carbocycles. The summed E-state index contributed by atoms with van der Waals surface area (Å²) >= 11 is 0. The van der Waals surface area contributed by atoms with Gasteiger partial charge in [0.2, 0.25) is 0 Å². The van der Waals surface area contributed by atoms with Crippen LogP contribution in [0.25, 0.3) is 0 Å². The number of carbonyl (C=O) groups is 1. The molecule has 0 saturated carbocycles. The van der Waals surface area contributed by atoms with Crippen LogP contribution in [0.4, 0.5) is 11.4 Å². The minimum Gasteiger partial charge on any atom is -0.497 e. The maximum atomic E-state index is 13.0. The van der Waals surface area contributed by atoms with E-state index in [-0.39, 0.29) is 16.6 Å². The Bertz CT molecular complexity index is 938. The van der Waals surface area contributed by atoms with Crippen LogP contribution in [-0.4, -0.2) is 34.1 Å². The monoisotopic (exact) mass is 404 g/mol. The molecular formula is C20H24N2O5S. The van der Waals surface area contributed by atoms with Crippen molar-refractivity contribution in [2.75, 3.05) is 23.7 Å². The quantitative estimate of drug-likeness (QED) is 0.489. The average Bonchev–Trinajstić information content (AvgIpc) is 2.66. The van der Waals surface area contributed by atoms with Gasteiger partial charge in [-0.3, -0.25) is 4.72 Å². The van der Waals surface area contributed by atoms with E-state index < -0.39 is 16.0 Å². The number of hydrogen-bond acceptors (Lipinski definition) is 6. The van der Waals surface area contributed by atoms with Gasteiger partial charge in [-0.15, -0.1) is 6.58 Å². The summed E-state index contributed by atoms with van der Waals surface area (Å²) < 4.78 is 38.7. The van der Waals surface area contributed by atoms with Crippen molar-refractivity contribution in [1.82, 2.24) is 0 Å². The molecule has 0 aliphatic carbocycles. The molecule has 0 spiro atoms. The van der Waals surface area contributed by atoms with E-state index in [4.69, 9.17) is 9.47 Å². The molecule has 0 aliphatic heterocycles. The summed E-state index contributed by atoms with van der Waals surface area (Å²) in [5, 5.41) is 2.97. The number of methoxy groups -OCH3 is 1. The average molecular weight is 404 g/mol. The maximum Gasteiger partial charge on any atom is 0.338 e. The third-order valence-electron chi connectivity index (χ3n) is 3.63. The first-order valence-corrected chi connectivity index (χ1v) is 10.1. The van der Waals surface area contributed by atoms with Gasteiger partial charge in [-0.25, -0.2) is 13.2 Å². The Hall–Kier alpha value is -3.00. The molecule has 0 bridgehead atoms. The summed E-state index contributed by atoms with van der Waals surface area (Å²) in [5.74, 6) is 0.0147. The highest BCUT2D eigenvalue weighted by Crippen LogP contribution is 2.26. The van der Waals surface area contributed by atoms with Crippen LogP contribution in [0.2, 0.25) is 0 Å². The summed E-state index contributed by atoms with van der Waals surface area (Å²) in [7, 11) is -2.45. The lowest BCUT2D eigenvalue weighted by Gasteiger charge is -2.15. The highest BCUT2D eigenvalue weighted by Gasteiger charge is 2.22. The molecule has 0 atom stereocenters. The van der Waals surface area contributed by atoms with Crippen molar-refractivity contribution in [1.29, 1.82) is 0 Å². The normalized spacial score (nSPS) is 11.0. The van der Waals surface area contributed by atoms with E-state index in [1.807, 2.05) is 0 Å². The number of sulfonamides is 1. The van der Waals surface area contributed by atoms with Gasteiger partial charge in [0.15, 0.2) is 0 Å². The lowest BCUT2D eigenvalue weighted by Crippen LogP contribution is -2.17. The van der Waals surface area contributed by atoms with E-state index in [0.717, 1.165) is 0 Å². The minimum atomic E-state index is -3.97. The molecule has 0 aliphatic rings. The van der Waals surface area contributed by atoms with E-state index >= 15 is 0 Å². The molecule has 28 heavy (non-hydrogen) atoms. The molecule has 2 rings (SSSR count). The molecule has 0 saturated heterocycles. The molecule has 0 amide bonds. The first-order chi connectivity index (χ1) is 13.3. The Morgan fingerprint density at radius 1 is 1.18 bits per heavy atom. The molecular weight excluding hydrogens is 380 g/mol. The molecule has 0 unspecified atom stereocenters. The van der Waals surface area contributed by atoms with Gasteiger partial charge in [-0.2, -0.15) is 0 Å². The summed E-state index contributed by atoms with van der Waals surface area (Å²) in [6, 6.07) is 10.8. The molecule has 2 N–H and O–H groups in total. The molecule has 2 aromatic rings. The van der Waals surface area contributed by atoms with E-state index in [1.165, 1.54) is 25.3 Å². The maximum absolute atomic E-state index is 13.0. The lowest BCUT2D eigenvalue weighted by atomic mass is 10.2. The van der Waals surface area contributed by atoms with E-state index in [9.17, 15) is 13.2 Å². The van der Waals surface area contributed by atoms with Crippen LogP contribution in [0, 0.1) is 0 Å². The van der Waals surface area contributed by atoms with Crippen LogP contribution in [0.15, 0.2) is 60.0 Å². The zero-order valence-corrected chi connectivity index (χ0v) is 16.9. The first kappa shape index (κ1) is 21.3. The molecule has 0 radical (unpaired) electrons. The topological polar surface area (TPSA) is 93.7 Å². The van der Waals surface area contributed by atoms with Crippen molar-refractivity contribution in [3.8, 4) is 5.75 Å². The largest absolute Gasteiger partial charge is 0.497 e. The summed E-state index contributed by atoms with van der Waals surface area (Å²) in [4.78, 5) is 12.1. The number of ether oxygens (including phenoxy) is 2. The Balaban J connectivity index is 2.41. The Morgan fingerprint density at radius 3 is 2.43 bits per heavy atom. The zero-order valence-electron chi connectivity index (χ0n) is 16.1. The number of esters is 1. The molecule has 7 nitrogen and oxygen atoms in total. The van der Waals surface area contributed by atoms with Gasteiger partial charge >= 0.3 is 5.97 Å². The van der Waals surface area contributed by atoms with Crippen LogP contribution in [0.1, 0.15) is 24.2 Å². The number of benzene rings is 2. The van der Waals surface area contributed by atoms with Gasteiger partial charge < -0.3 is 14.8 Å². The van der Waals surface area contributed by atoms with Crippen molar-refractivity contribution < 1.29 is 22.7 Å². The first-order valence-electron chi connectivity index (χ1n) is 8.63. The Kier molecular flexibility index (Phi) is 7.06. The van der Waals surface area contributed by atoms with Crippen LogP contribution in [0.3, 0.4) is 0 Å². The van der Waals surface area contributed by atoms with E-state index in [1.54, 1.807) is 44.2 Å². The summed E-state index contributed by atoms with van der Waals surface area (Å²) in [6.07, 6.45) is 1.29. The highest BCUT2D eigenvalue weighted by molar-refractivity contribution is 7.92. The Morgan fingerprint density at radius 2 is 1.86 bits per heavy atom. The number of anilines is 2. The van der Waals surface area contributed by atoms with Crippen LogP contribution in [0.5, 0.6) is 5.75 Å².